The Hall–Kier alpha value is -1.55. The molecule has 1 saturated carbocycles. The van der Waals surface area contributed by atoms with Gasteiger partial charge in [0, 0.05) is 17.0 Å². The van der Waals surface area contributed by atoms with Crippen molar-refractivity contribution in [3.05, 3.63) is 41.2 Å². The molecule has 0 radical (unpaired) electrons. The van der Waals surface area contributed by atoms with E-state index in [0.29, 0.717) is 11.5 Å². The van der Waals surface area contributed by atoms with Gasteiger partial charge in [0.25, 0.3) is 0 Å². The number of unbranched alkanes of at least 4 members (excludes halogenated alkanes) is 1. The molecule has 0 spiro atoms. The van der Waals surface area contributed by atoms with E-state index in [1.54, 1.807) is 6.07 Å². The van der Waals surface area contributed by atoms with Gasteiger partial charge in [-0.2, -0.15) is 0 Å². The van der Waals surface area contributed by atoms with Crippen LogP contribution in [0, 0.1) is 29.5 Å². The summed E-state index contributed by atoms with van der Waals surface area (Å²) in [5.74, 6) is 7.78. The van der Waals surface area contributed by atoms with Crippen molar-refractivity contribution in [1.82, 2.24) is 0 Å². The molecule has 0 N–H and O–H groups in total. The summed E-state index contributed by atoms with van der Waals surface area (Å²) in [6.07, 6.45) is 13.6. The van der Waals surface area contributed by atoms with E-state index in [-0.39, 0.29) is 5.82 Å². The van der Waals surface area contributed by atoms with E-state index < -0.39 is 0 Å². The third kappa shape index (κ3) is 5.87. The van der Waals surface area contributed by atoms with Crippen LogP contribution >= 0.6 is 0 Å². The molecule has 1 aliphatic carbocycles. The van der Waals surface area contributed by atoms with Crippen molar-refractivity contribution in [2.75, 3.05) is 0 Å². The van der Waals surface area contributed by atoms with Crippen LogP contribution in [0.4, 0.5) is 4.39 Å². The Morgan fingerprint density at radius 3 is 2.57 bits per heavy atom. The Morgan fingerprint density at radius 2 is 1.91 bits per heavy atom. The number of hydrogen-bond donors (Lipinski definition) is 0. The normalized spacial score (nSPS) is 21.2. The molecule has 23 heavy (non-hydrogen) atoms. The van der Waals surface area contributed by atoms with Gasteiger partial charge in [0.1, 0.15) is 5.82 Å². The number of halogens is 1. The second-order valence-electron chi connectivity index (χ2n) is 6.70. The van der Waals surface area contributed by atoms with Gasteiger partial charge in [-0.3, -0.25) is 0 Å². The molecule has 0 heterocycles. The molecule has 1 heteroatoms. The SMILES string of the molecule is CCC/C=C/c1ccc(C#CC2CCC(CCC)CC2)cc1F. The van der Waals surface area contributed by atoms with Gasteiger partial charge < -0.3 is 0 Å². The van der Waals surface area contributed by atoms with Crippen LogP contribution in [-0.4, -0.2) is 0 Å². The number of rotatable bonds is 5. The number of hydrogen-bond acceptors (Lipinski definition) is 0. The molecular weight excluding hydrogens is 283 g/mol. The average Bonchev–Trinajstić information content (AvgIpc) is 2.56. The maximum Gasteiger partial charge on any atom is 0.131 e. The van der Waals surface area contributed by atoms with E-state index in [4.69, 9.17) is 0 Å². The molecule has 0 bridgehead atoms. The lowest BCUT2D eigenvalue weighted by atomic mass is 9.80. The van der Waals surface area contributed by atoms with Crippen molar-refractivity contribution in [2.24, 2.45) is 11.8 Å². The molecule has 0 aromatic heterocycles. The summed E-state index contributed by atoms with van der Waals surface area (Å²) < 4.78 is 14.1. The Bertz CT molecular complexity index is 565. The minimum atomic E-state index is -0.171. The molecule has 1 fully saturated rings. The van der Waals surface area contributed by atoms with Crippen LogP contribution in [0.1, 0.15) is 76.3 Å². The molecule has 0 aliphatic heterocycles. The highest BCUT2D eigenvalue weighted by atomic mass is 19.1. The lowest BCUT2D eigenvalue weighted by Gasteiger charge is -2.25. The van der Waals surface area contributed by atoms with Gasteiger partial charge in [0.2, 0.25) is 0 Å². The van der Waals surface area contributed by atoms with E-state index in [0.717, 1.165) is 24.3 Å². The minimum absolute atomic E-state index is 0.171. The van der Waals surface area contributed by atoms with Gasteiger partial charge in [-0.1, -0.05) is 63.2 Å². The van der Waals surface area contributed by atoms with Crippen LogP contribution in [0.25, 0.3) is 6.08 Å². The zero-order chi connectivity index (χ0) is 16.5. The third-order valence-electron chi connectivity index (χ3n) is 4.72. The standard InChI is InChI=1S/C22H29F/c1-3-5-6-8-21-16-15-20(17-22(21)23)14-13-19-11-9-18(7-4-2)10-12-19/h6,8,15-19H,3-5,7,9-12H2,1-2H3/b8-6+. The molecule has 1 aromatic rings. The predicted octanol–water partition coefficient (Wildman–Crippen LogP) is 6.60. The molecule has 0 saturated heterocycles. The monoisotopic (exact) mass is 312 g/mol. The Balaban J connectivity index is 1.93. The van der Waals surface area contributed by atoms with Crippen molar-refractivity contribution in [2.45, 2.75) is 65.2 Å². The summed E-state index contributed by atoms with van der Waals surface area (Å²) in [5.41, 5.74) is 1.45. The summed E-state index contributed by atoms with van der Waals surface area (Å²) in [7, 11) is 0. The summed E-state index contributed by atoms with van der Waals surface area (Å²) in [5, 5.41) is 0. The van der Waals surface area contributed by atoms with Crippen molar-refractivity contribution in [1.29, 1.82) is 0 Å². The Morgan fingerprint density at radius 1 is 1.13 bits per heavy atom. The van der Waals surface area contributed by atoms with Crippen LogP contribution in [0.15, 0.2) is 24.3 Å². The molecule has 2 rings (SSSR count). The minimum Gasteiger partial charge on any atom is -0.206 e. The van der Waals surface area contributed by atoms with E-state index in [1.165, 1.54) is 38.5 Å². The summed E-state index contributed by atoms with van der Waals surface area (Å²) >= 11 is 0. The molecular formula is C22H29F. The molecule has 0 nitrogen and oxygen atoms in total. The van der Waals surface area contributed by atoms with Crippen molar-refractivity contribution in [3.63, 3.8) is 0 Å². The molecule has 0 atom stereocenters. The second kappa shape index (κ2) is 9.56. The second-order valence-corrected chi connectivity index (χ2v) is 6.70. The van der Waals surface area contributed by atoms with E-state index >= 15 is 0 Å². The van der Waals surface area contributed by atoms with Crippen LogP contribution in [0.5, 0.6) is 0 Å². The summed E-state index contributed by atoms with van der Waals surface area (Å²) in [6.45, 7) is 4.39. The smallest absolute Gasteiger partial charge is 0.131 e. The molecule has 1 aliphatic rings. The lowest BCUT2D eigenvalue weighted by molar-refractivity contribution is 0.300. The van der Waals surface area contributed by atoms with Gasteiger partial charge in [-0.25, -0.2) is 4.39 Å². The van der Waals surface area contributed by atoms with Gasteiger partial charge in [0.15, 0.2) is 0 Å². The van der Waals surface area contributed by atoms with Gasteiger partial charge in [-0.05, 0) is 50.2 Å². The number of allylic oxidation sites excluding steroid dienone is 1. The van der Waals surface area contributed by atoms with Gasteiger partial charge >= 0.3 is 0 Å². The summed E-state index contributed by atoms with van der Waals surface area (Å²) in [6, 6.07) is 5.34. The summed E-state index contributed by atoms with van der Waals surface area (Å²) in [4.78, 5) is 0. The first-order chi connectivity index (χ1) is 11.2. The van der Waals surface area contributed by atoms with E-state index in [1.807, 2.05) is 24.3 Å². The van der Waals surface area contributed by atoms with Crippen molar-refractivity contribution < 1.29 is 4.39 Å². The highest BCUT2D eigenvalue weighted by molar-refractivity contribution is 5.52. The zero-order valence-electron chi connectivity index (χ0n) is 14.6. The van der Waals surface area contributed by atoms with Crippen molar-refractivity contribution >= 4 is 6.08 Å². The number of benzene rings is 1. The van der Waals surface area contributed by atoms with E-state index in [2.05, 4.69) is 25.7 Å². The fourth-order valence-electron chi connectivity index (χ4n) is 3.31. The maximum absolute atomic E-state index is 14.1. The van der Waals surface area contributed by atoms with Crippen LogP contribution in [-0.2, 0) is 0 Å². The largest absolute Gasteiger partial charge is 0.206 e. The lowest BCUT2D eigenvalue weighted by Crippen LogP contribution is -2.13. The average molecular weight is 312 g/mol. The third-order valence-corrected chi connectivity index (χ3v) is 4.72. The quantitative estimate of drug-likeness (QED) is 0.537. The first-order valence-corrected chi connectivity index (χ1v) is 9.20. The molecule has 1 aromatic carbocycles. The Labute approximate surface area is 141 Å². The molecule has 0 amide bonds. The first kappa shape index (κ1) is 17.8. The fraction of sp³-hybridized carbons (Fsp3) is 0.545. The highest BCUT2D eigenvalue weighted by Crippen LogP contribution is 2.31. The van der Waals surface area contributed by atoms with Crippen molar-refractivity contribution in [3.8, 4) is 11.8 Å². The molecule has 0 unspecified atom stereocenters. The van der Waals surface area contributed by atoms with Gasteiger partial charge in [-0.15, -0.1) is 0 Å². The van der Waals surface area contributed by atoms with Crippen LogP contribution in [0.3, 0.4) is 0 Å². The van der Waals surface area contributed by atoms with E-state index in [9.17, 15) is 4.39 Å². The fourth-order valence-corrected chi connectivity index (χ4v) is 3.31. The predicted molar refractivity (Wildman–Crippen MR) is 97.6 cm³/mol. The Kier molecular flexibility index (Phi) is 7.40. The zero-order valence-corrected chi connectivity index (χ0v) is 14.6. The first-order valence-electron chi connectivity index (χ1n) is 9.20. The van der Waals surface area contributed by atoms with Crippen LogP contribution < -0.4 is 0 Å². The van der Waals surface area contributed by atoms with Gasteiger partial charge in [0.05, 0.1) is 0 Å². The maximum atomic E-state index is 14.1. The molecule has 124 valence electrons. The topological polar surface area (TPSA) is 0 Å². The highest BCUT2D eigenvalue weighted by Gasteiger charge is 2.18. The van der Waals surface area contributed by atoms with Crippen LogP contribution in [0.2, 0.25) is 0 Å².